The summed E-state index contributed by atoms with van der Waals surface area (Å²) in [4.78, 5) is 0. The largest absolute Gasteiger partial charge is 0.329 e. The Balaban J connectivity index is 2.74. The molecule has 84 valence electrons. The minimum atomic E-state index is -3.58. The second kappa shape index (κ2) is 5.32. The average molecular weight is 250 g/mol. The van der Waals surface area contributed by atoms with Gasteiger partial charge in [-0.05, 0) is 12.1 Å². The summed E-state index contributed by atoms with van der Waals surface area (Å²) in [5.41, 5.74) is 5.51. The van der Waals surface area contributed by atoms with Gasteiger partial charge in [-0.3, -0.25) is 4.72 Å². The van der Waals surface area contributed by atoms with Crippen LogP contribution in [0.1, 0.15) is 0 Å². The van der Waals surface area contributed by atoms with Gasteiger partial charge in [-0.1, -0.05) is 23.7 Å². The molecule has 0 saturated heterocycles. The third-order valence-corrected chi connectivity index (χ3v) is 2.96. The van der Waals surface area contributed by atoms with Crippen LogP contribution in [-0.4, -0.2) is 21.5 Å². The molecule has 0 amide bonds. The Labute approximate surface area is 93.8 Å². The van der Waals surface area contributed by atoms with Crippen molar-refractivity contribution in [3.8, 4) is 0 Å². The fourth-order valence-electron chi connectivity index (χ4n) is 0.918. The van der Waals surface area contributed by atoms with Crippen molar-refractivity contribution in [3.05, 3.63) is 29.3 Å². The molecule has 15 heavy (non-hydrogen) atoms. The first-order chi connectivity index (χ1) is 7.05. The SMILES string of the molecule is NCCNS(=O)(=O)Nc1ccccc1Cl. The topological polar surface area (TPSA) is 84.2 Å². The van der Waals surface area contributed by atoms with Gasteiger partial charge in [-0.15, -0.1) is 0 Å². The maximum Gasteiger partial charge on any atom is 0.299 e. The van der Waals surface area contributed by atoms with Gasteiger partial charge in [0.1, 0.15) is 0 Å². The van der Waals surface area contributed by atoms with Crippen LogP contribution in [0, 0.1) is 0 Å². The number of rotatable bonds is 5. The summed E-state index contributed by atoms with van der Waals surface area (Å²) in [5.74, 6) is 0. The van der Waals surface area contributed by atoms with Gasteiger partial charge in [-0.2, -0.15) is 13.1 Å². The Hall–Kier alpha value is -0.820. The molecule has 0 saturated carbocycles. The summed E-state index contributed by atoms with van der Waals surface area (Å²) < 4.78 is 27.3. The van der Waals surface area contributed by atoms with Gasteiger partial charge in [-0.25, -0.2) is 0 Å². The number of nitrogens with one attached hydrogen (secondary N) is 2. The normalized spacial score (nSPS) is 11.3. The summed E-state index contributed by atoms with van der Waals surface area (Å²) in [6.07, 6.45) is 0. The molecule has 0 aliphatic carbocycles. The smallest absolute Gasteiger partial charge is 0.299 e. The fourth-order valence-corrected chi connectivity index (χ4v) is 2.08. The van der Waals surface area contributed by atoms with Gasteiger partial charge >= 0.3 is 0 Å². The van der Waals surface area contributed by atoms with E-state index in [1.165, 1.54) is 0 Å². The molecule has 7 heteroatoms. The van der Waals surface area contributed by atoms with Crippen LogP contribution in [0.15, 0.2) is 24.3 Å². The summed E-state index contributed by atoms with van der Waals surface area (Å²) in [6, 6.07) is 6.58. The molecule has 0 unspecified atom stereocenters. The van der Waals surface area contributed by atoms with Crippen LogP contribution in [0.3, 0.4) is 0 Å². The summed E-state index contributed by atoms with van der Waals surface area (Å²) >= 11 is 5.78. The highest BCUT2D eigenvalue weighted by Gasteiger charge is 2.09. The first-order valence-corrected chi connectivity index (χ1v) is 6.13. The molecule has 0 heterocycles. The Morgan fingerprint density at radius 3 is 2.60 bits per heavy atom. The number of para-hydroxylation sites is 1. The number of hydrogen-bond donors (Lipinski definition) is 3. The van der Waals surface area contributed by atoms with Crippen molar-refractivity contribution in [2.24, 2.45) is 5.73 Å². The zero-order chi connectivity index (χ0) is 11.3. The highest BCUT2D eigenvalue weighted by Crippen LogP contribution is 2.20. The number of hydrogen-bond acceptors (Lipinski definition) is 3. The molecule has 0 fully saturated rings. The first kappa shape index (κ1) is 12.3. The molecule has 0 bridgehead atoms. The number of halogens is 1. The van der Waals surface area contributed by atoms with Gasteiger partial charge in [0.15, 0.2) is 0 Å². The maximum atomic E-state index is 11.4. The molecular weight excluding hydrogens is 238 g/mol. The number of benzene rings is 1. The van der Waals surface area contributed by atoms with Crippen LogP contribution in [-0.2, 0) is 10.2 Å². The maximum absolute atomic E-state index is 11.4. The van der Waals surface area contributed by atoms with Crippen molar-refractivity contribution in [1.29, 1.82) is 0 Å². The van der Waals surface area contributed by atoms with Crippen molar-refractivity contribution in [3.63, 3.8) is 0 Å². The quantitative estimate of drug-likeness (QED) is 0.712. The molecule has 1 rings (SSSR count). The van der Waals surface area contributed by atoms with E-state index in [1.807, 2.05) is 0 Å². The third kappa shape index (κ3) is 4.05. The van der Waals surface area contributed by atoms with Gasteiger partial charge in [0, 0.05) is 13.1 Å². The van der Waals surface area contributed by atoms with Crippen LogP contribution in [0.25, 0.3) is 0 Å². The zero-order valence-corrected chi connectivity index (χ0v) is 9.48. The minimum Gasteiger partial charge on any atom is -0.329 e. The number of nitrogens with two attached hydrogens (primary N) is 1. The Bertz CT molecular complexity index is 422. The standard InChI is InChI=1S/C8H12ClN3O2S/c9-7-3-1-2-4-8(7)12-15(13,14)11-6-5-10/h1-4,11-12H,5-6,10H2. The minimum absolute atomic E-state index is 0.180. The van der Waals surface area contributed by atoms with E-state index in [4.69, 9.17) is 17.3 Å². The summed E-state index contributed by atoms with van der Waals surface area (Å²) in [6.45, 7) is 0.420. The van der Waals surface area contributed by atoms with E-state index in [1.54, 1.807) is 24.3 Å². The van der Waals surface area contributed by atoms with E-state index in [0.717, 1.165) is 0 Å². The molecule has 5 nitrogen and oxygen atoms in total. The molecule has 0 aromatic heterocycles. The monoisotopic (exact) mass is 249 g/mol. The van der Waals surface area contributed by atoms with Crippen molar-refractivity contribution in [2.45, 2.75) is 0 Å². The lowest BCUT2D eigenvalue weighted by atomic mass is 10.3. The molecular formula is C8H12ClN3O2S. The zero-order valence-electron chi connectivity index (χ0n) is 7.90. The second-order valence-corrected chi connectivity index (χ2v) is 4.68. The Kier molecular flexibility index (Phi) is 4.34. The van der Waals surface area contributed by atoms with Crippen LogP contribution in [0.5, 0.6) is 0 Å². The molecule has 0 aliphatic heterocycles. The van der Waals surface area contributed by atoms with Gasteiger partial charge in [0.05, 0.1) is 10.7 Å². The molecule has 0 radical (unpaired) electrons. The predicted molar refractivity (Wildman–Crippen MR) is 61.1 cm³/mol. The molecule has 0 aliphatic rings. The molecule has 0 atom stereocenters. The first-order valence-electron chi connectivity index (χ1n) is 4.27. The molecule has 4 N–H and O–H groups in total. The highest BCUT2D eigenvalue weighted by molar-refractivity contribution is 7.90. The van der Waals surface area contributed by atoms with Crippen LogP contribution in [0.4, 0.5) is 5.69 Å². The van der Waals surface area contributed by atoms with E-state index < -0.39 is 10.2 Å². The molecule has 1 aromatic carbocycles. The Morgan fingerprint density at radius 2 is 2.00 bits per heavy atom. The van der Waals surface area contributed by atoms with Crippen molar-refractivity contribution in [2.75, 3.05) is 17.8 Å². The van der Waals surface area contributed by atoms with E-state index >= 15 is 0 Å². The summed E-state index contributed by atoms with van der Waals surface area (Å²) in [7, 11) is -3.58. The van der Waals surface area contributed by atoms with Crippen LogP contribution >= 0.6 is 11.6 Å². The molecule has 1 aromatic rings. The molecule has 0 spiro atoms. The lowest BCUT2D eigenvalue weighted by molar-refractivity contribution is 0.587. The third-order valence-electron chi connectivity index (χ3n) is 1.55. The highest BCUT2D eigenvalue weighted by atomic mass is 35.5. The van der Waals surface area contributed by atoms with Gasteiger partial charge in [0.2, 0.25) is 0 Å². The Morgan fingerprint density at radius 1 is 1.33 bits per heavy atom. The van der Waals surface area contributed by atoms with Crippen molar-refractivity contribution < 1.29 is 8.42 Å². The van der Waals surface area contributed by atoms with Crippen molar-refractivity contribution in [1.82, 2.24) is 4.72 Å². The lowest BCUT2D eigenvalue weighted by Gasteiger charge is -2.09. The van der Waals surface area contributed by atoms with E-state index in [0.29, 0.717) is 10.7 Å². The fraction of sp³-hybridized carbons (Fsp3) is 0.250. The average Bonchev–Trinajstić information content (AvgIpc) is 2.18. The van der Waals surface area contributed by atoms with Crippen LogP contribution in [0.2, 0.25) is 5.02 Å². The number of anilines is 1. The van der Waals surface area contributed by atoms with Crippen LogP contribution < -0.4 is 15.2 Å². The predicted octanol–water partition coefficient (Wildman–Crippen LogP) is 0.545. The summed E-state index contributed by atoms with van der Waals surface area (Å²) in [5, 5.41) is 0.343. The van der Waals surface area contributed by atoms with E-state index in [9.17, 15) is 8.42 Å². The van der Waals surface area contributed by atoms with E-state index in [-0.39, 0.29) is 13.1 Å². The van der Waals surface area contributed by atoms with E-state index in [2.05, 4.69) is 9.44 Å². The second-order valence-electron chi connectivity index (χ2n) is 2.77. The lowest BCUT2D eigenvalue weighted by Crippen LogP contribution is -2.33. The van der Waals surface area contributed by atoms with Gasteiger partial charge in [0.25, 0.3) is 10.2 Å². The van der Waals surface area contributed by atoms with Crippen molar-refractivity contribution >= 4 is 27.5 Å². The van der Waals surface area contributed by atoms with Gasteiger partial charge < -0.3 is 5.73 Å².